The molecular formula is C24H25ClN2O2. The lowest BCUT2D eigenvalue weighted by Gasteiger charge is -2.16. The number of hydrogen-bond acceptors (Lipinski definition) is 3. The molecule has 5 heteroatoms. The van der Waals surface area contributed by atoms with Crippen molar-refractivity contribution in [1.82, 2.24) is 9.97 Å². The molecular weight excluding hydrogens is 384 g/mol. The zero-order valence-electron chi connectivity index (χ0n) is 16.7. The topological polar surface area (TPSA) is 47.1 Å². The Kier molecular flexibility index (Phi) is 7.14. The molecule has 0 amide bonds. The van der Waals surface area contributed by atoms with Gasteiger partial charge >= 0.3 is 0 Å². The highest BCUT2D eigenvalue weighted by Gasteiger charge is 2.14. The van der Waals surface area contributed by atoms with Crippen molar-refractivity contribution in [1.29, 1.82) is 0 Å². The maximum Gasteiger partial charge on any atom is 0.164 e. The van der Waals surface area contributed by atoms with Gasteiger partial charge in [0.1, 0.15) is 12.3 Å². The fraction of sp³-hybridized carbons (Fsp3) is 0.208. The molecule has 4 nitrogen and oxygen atoms in total. The molecule has 0 aliphatic carbocycles. The van der Waals surface area contributed by atoms with Gasteiger partial charge in [0.05, 0.1) is 6.61 Å². The van der Waals surface area contributed by atoms with Crippen LogP contribution in [0.25, 0.3) is 11.0 Å². The maximum absolute atomic E-state index is 6.05. The lowest BCUT2D eigenvalue weighted by atomic mass is 10.0. The van der Waals surface area contributed by atoms with Crippen LogP contribution in [0, 0.1) is 0 Å². The van der Waals surface area contributed by atoms with Gasteiger partial charge in [0.15, 0.2) is 11.5 Å². The Balaban J connectivity index is 1.83. The van der Waals surface area contributed by atoms with Crippen LogP contribution in [0.5, 0.6) is 11.5 Å². The van der Waals surface area contributed by atoms with Crippen molar-refractivity contribution in [2.75, 3.05) is 13.2 Å². The van der Waals surface area contributed by atoms with E-state index in [1.165, 1.54) is 5.56 Å². The minimum absolute atomic E-state index is 0.443. The summed E-state index contributed by atoms with van der Waals surface area (Å²) >= 11 is 5.95. The van der Waals surface area contributed by atoms with E-state index in [4.69, 9.17) is 21.1 Å². The highest BCUT2D eigenvalue weighted by molar-refractivity contribution is 6.31. The number of rotatable bonds is 9. The zero-order chi connectivity index (χ0) is 20.6. The summed E-state index contributed by atoms with van der Waals surface area (Å²) in [5.41, 5.74) is 4.18. The molecule has 3 aromatic rings. The summed E-state index contributed by atoms with van der Waals surface area (Å²) in [5.74, 6) is 1.51. The molecule has 0 fully saturated rings. The third kappa shape index (κ3) is 5.30. The second-order valence-corrected chi connectivity index (χ2v) is 7.06. The summed E-state index contributed by atoms with van der Waals surface area (Å²) in [7, 11) is 0. The van der Waals surface area contributed by atoms with E-state index in [1.54, 1.807) is 18.3 Å². The molecule has 0 radical (unpaired) electrons. The van der Waals surface area contributed by atoms with E-state index in [0.717, 1.165) is 40.1 Å². The van der Waals surface area contributed by atoms with Gasteiger partial charge < -0.3 is 14.5 Å². The van der Waals surface area contributed by atoms with Crippen molar-refractivity contribution in [3.05, 3.63) is 89.3 Å². The van der Waals surface area contributed by atoms with Gasteiger partial charge in [-0.3, -0.25) is 0 Å². The van der Waals surface area contributed by atoms with E-state index in [9.17, 15) is 0 Å². The molecule has 0 spiro atoms. The van der Waals surface area contributed by atoms with Gasteiger partial charge in [-0.1, -0.05) is 42.5 Å². The van der Waals surface area contributed by atoms with Crippen LogP contribution in [0.1, 0.15) is 25.0 Å². The predicted molar refractivity (Wildman–Crippen MR) is 120 cm³/mol. The number of nitrogens with zero attached hydrogens (tertiary/aromatic N) is 1. The first-order valence-electron chi connectivity index (χ1n) is 9.56. The molecule has 1 N–H and O–H groups in total. The summed E-state index contributed by atoms with van der Waals surface area (Å²) in [6, 6.07) is 10.0. The van der Waals surface area contributed by atoms with E-state index in [1.807, 2.05) is 44.3 Å². The average Bonchev–Trinajstić information content (AvgIpc) is 3.15. The molecule has 29 heavy (non-hydrogen) atoms. The minimum atomic E-state index is 0.443. The summed E-state index contributed by atoms with van der Waals surface area (Å²) in [6.07, 6.45) is 9.85. The van der Waals surface area contributed by atoms with Gasteiger partial charge in [-0.05, 0) is 49.3 Å². The number of halogens is 1. The van der Waals surface area contributed by atoms with Crippen LogP contribution < -0.4 is 9.47 Å². The van der Waals surface area contributed by atoms with Crippen LogP contribution in [0.15, 0.2) is 78.1 Å². The lowest BCUT2D eigenvalue weighted by Crippen LogP contribution is -2.04. The second kappa shape index (κ2) is 9.99. The molecule has 2 aromatic heterocycles. The quantitative estimate of drug-likeness (QED) is 0.429. The number of allylic oxidation sites excluding steroid dienone is 4. The van der Waals surface area contributed by atoms with Crippen molar-refractivity contribution in [3.63, 3.8) is 0 Å². The Labute approximate surface area is 176 Å². The number of H-pyrrole nitrogens is 1. The van der Waals surface area contributed by atoms with Crippen LogP contribution in [0.3, 0.4) is 0 Å². The van der Waals surface area contributed by atoms with Gasteiger partial charge in [-0.25, -0.2) is 4.98 Å². The third-order valence-electron chi connectivity index (χ3n) is 4.44. The zero-order valence-corrected chi connectivity index (χ0v) is 17.5. The standard InChI is InChI=1S/C24H25ClN2O2/c1-4-20(25)12-11-17(3)16-29-22-10-6-8-18(23(22)28-5-2)14-19-15-27-24-21(19)9-7-13-26-24/h4,6-13,15H,1,5,14,16H2,2-3H3,(H,26,27)/b17-11+,20-12+. The van der Waals surface area contributed by atoms with E-state index < -0.39 is 0 Å². The Hall–Kier alpha value is -2.98. The smallest absolute Gasteiger partial charge is 0.164 e. The number of hydrogen-bond donors (Lipinski definition) is 1. The molecule has 1 aromatic carbocycles. The van der Waals surface area contributed by atoms with Gasteiger partial charge in [-0.2, -0.15) is 0 Å². The van der Waals surface area contributed by atoms with Crippen molar-refractivity contribution >= 4 is 22.6 Å². The average molecular weight is 409 g/mol. The van der Waals surface area contributed by atoms with Crippen LogP contribution in [-0.4, -0.2) is 23.2 Å². The van der Waals surface area contributed by atoms with Crippen molar-refractivity contribution in [3.8, 4) is 11.5 Å². The molecule has 3 rings (SSSR count). The van der Waals surface area contributed by atoms with Gasteiger partial charge in [-0.15, -0.1) is 0 Å². The number of nitrogens with one attached hydrogen (secondary N) is 1. The Bertz CT molecular complexity index is 1050. The summed E-state index contributed by atoms with van der Waals surface area (Å²) in [5, 5.41) is 1.71. The summed E-state index contributed by atoms with van der Waals surface area (Å²) < 4.78 is 12.0. The molecule has 0 saturated heterocycles. The molecule has 0 bridgehead atoms. The molecule has 0 unspecified atom stereocenters. The normalized spacial score (nSPS) is 12.2. The van der Waals surface area contributed by atoms with E-state index in [-0.39, 0.29) is 0 Å². The third-order valence-corrected chi connectivity index (χ3v) is 4.72. The number of para-hydroxylation sites is 1. The molecule has 0 aliphatic heterocycles. The fourth-order valence-electron chi connectivity index (χ4n) is 3.02. The van der Waals surface area contributed by atoms with Gasteiger partial charge in [0, 0.05) is 34.8 Å². The largest absolute Gasteiger partial charge is 0.490 e. The van der Waals surface area contributed by atoms with Gasteiger partial charge in [0.25, 0.3) is 0 Å². The second-order valence-electron chi connectivity index (χ2n) is 6.63. The number of ether oxygens (including phenoxy) is 2. The first-order valence-corrected chi connectivity index (χ1v) is 9.94. The van der Waals surface area contributed by atoms with E-state index in [2.05, 4.69) is 28.7 Å². The minimum Gasteiger partial charge on any atom is -0.490 e. The monoisotopic (exact) mass is 408 g/mol. The summed E-state index contributed by atoms with van der Waals surface area (Å²) in [4.78, 5) is 7.60. The van der Waals surface area contributed by atoms with E-state index >= 15 is 0 Å². The number of aromatic amines is 1. The van der Waals surface area contributed by atoms with Crippen LogP contribution >= 0.6 is 11.6 Å². The maximum atomic E-state index is 6.05. The molecule has 0 aliphatic rings. The number of benzene rings is 1. The summed E-state index contributed by atoms with van der Waals surface area (Å²) in [6.45, 7) is 8.62. The van der Waals surface area contributed by atoms with Crippen molar-refractivity contribution in [2.45, 2.75) is 20.3 Å². The highest BCUT2D eigenvalue weighted by Crippen LogP contribution is 2.34. The Morgan fingerprint density at radius 2 is 2.03 bits per heavy atom. The first-order chi connectivity index (χ1) is 14.1. The Morgan fingerprint density at radius 1 is 1.17 bits per heavy atom. The van der Waals surface area contributed by atoms with Crippen molar-refractivity contribution < 1.29 is 9.47 Å². The molecule has 150 valence electrons. The molecule has 0 saturated carbocycles. The Morgan fingerprint density at radius 3 is 2.83 bits per heavy atom. The number of aromatic nitrogens is 2. The SMILES string of the molecule is C=C/C(Cl)=C\C=C(/C)COc1cccc(Cc2c[nH]c3ncccc23)c1OCC. The number of pyridine rings is 1. The molecule has 0 atom stereocenters. The van der Waals surface area contributed by atoms with Crippen LogP contribution in [-0.2, 0) is 6.42 Å². The lowest BCUT2D eigenvalue weighted by molar-refractivity contribution is 0.290. The van der Waals surface area contributed by atoms with Crippen LogP contribution in [0.2, 0.25) is 0 Å². The number of fused-ring (bicyclic) bond motifs is 1. The van der Waals surface area contributed by atoms with Crippen LogP contribution in [0.4, 0.5) is 0 Å². The first kappa shape index (κ1) is 20.7. The highest BCUT2D eigenvalue weighted by atomic mass is 35.5. The van der Waals surface area contributed by atoms with Gasteiger partial charge in [0.2, 0.25) is 0 Å². The van der Waals surface area contributed by atoms with Crippen molar-refractivity contribution in [2.24, 2.45) is 0 Å². The predicted octanol–water partition coefficient (Wildman–Crippen LogP) is 6.19. The fourth-order valence-corrected chi connectivity index (χ4v) is 3.08. The molecule has 2 heterocycles. The van der Waals surface area contributed by atoms with E-state index in [0.29, 0.717) is 18.2 Å².